The van der Waals surface area contributed by atoms with E-state index in [1.165, 1.54) is 24.7 Å². The van der Waals surface area contributed by atoms with Gasteiger partial charge in [-0.15, -0.1) is 0 Å². The van der Waals surface area contributed by atoms with E-state index >= 15 is 0 Å². The fraction of sp³-hybridized carbons (Fsp3) is 0.219. The number of benzene rings is 3. The van der Waals surface area contributed by atoms with Crippen LogP contribution in [-0.4, -0.2) is 37.6 Å². The van der Waals surface area contributed by atoms with Crippen LogP contribution in [0.2, 0.25) is 0 Å². The Bertz CT molecular complexity index is 1480. The highest BCUT2D eigenvalue weighted by Crippen LogP contribution is 2.44. The van der Waals surface area contributed by atoms with E-state index in [1.807, 2.05) is 48.5 Å². The summed E-state index contributed by atoms with van der Waals surface area (Å²) in [5.41, 5.74) is 9.94. The average Bonchev–Trinajstić information content (AvgIpc) is 3.00. The highest BCUT2D eigenvalue weighted by molar-refractivity contribution is 6.06. The number of anilines is 1. The molecule has 40 heavy (non-hydrogen) atoms. The topological polar surface area (TPSA) is 109 Å². The number of para-hydroxylation sites is 1. The molecule has 8 nitrogen and oxygen atoms in total. The van der Waals surface area contributed by atoms with E-state index in [4.69, 9.17) is 15.2 Å². The van der Waals surface area contributed by atoms with E-state index in [1.54, 1.807) is 24.3 Å². The van der Waals surface area contributed by atoms with E-state index in [0.29, 0.717) is 24.3 Å². The zero-order chi connectivity index (χ0) is 28.6. The maximum Gasteiger partial charge on any atom is 0.355 e. The summed E-state index contributed by atoms with van der Waals surface area (Å²) in [6.07, 6.45) is 0. The molecule has 0 saturated heterocycles. The Morgan fingerprint density at radius 3 is 2.10 bits per heavy atom. The summed E-state index contributed by atoms with van der Waals surface area (Å²) in [6, 6.07) is 28.8. The van der Waals surface area contributed by atoms with Crippen molar-refractivity contribution in [1.82, 2.24) is 4.90 Å². The first kappa shape index (κ1) is 28.1. The first-order valence-corrected chi connectivity index (χ1v) is 12.9. The van der Waals surface area contributed by atoms with Gasteiger partial charge in [-0.05, 0) is 29.3 Å². The fourth-order valence-electron chi connectivity index (χ4n) is 4.99. The Kier molecular flexibility index (Phi) is 9.00. The Morgan fingerprint density at radius 2 is 1.50 bits per heavy atom. The van der Waals surface area contributed by atoms with Gasteiger partial charge in [0.1, 0.15) is 11.5 Å². The molecule has 0 spiro atoms. The van der Waals surface area contributed by atoms with Crippen LogP contribution in [0.5, 0.6) is 0 Å². The molecule has 4 rings (SSSR count). The summed E-state index contributed by atoms with van der Waals surface area (Å²) in [5, 5.41) is 10.3. The van der Waals surface area contributed by atoms with Crippen LogP contribution >= 0.6 is 0 Å². The number of methoxy groups -OCH3 is 2. The average molecular weight is 537 g/mol. The first-order valence-electron chi connectivity index (χ1n) is 12.9. The molecule has 3 aromatic rings. The van der Waals surface area contributed by atoms with E-state index in [-0.39, 0.29) is 22.7 Å². The van der Waals surface area contributed by atoms with Crippen molar-refractivity contribution >= 4 is 17.6 Å². The van der Waals surface area contributed by atoms with Gasteiger partial charge in [0, 0.05) is 13.1 Å². The van der Waals surface area contributed by atoms with Gasteiger partial charge in [0.05, 0.1) is 43.0 Å². The minimum absolute atomic E-state index is 0.0160. The number of ether oxygens (including phenoxy) is 2. The monoisotopic (exact) mass is 536 g/mol. The molecule has 1 unspecified atom stereocenters. The number of carbonyl (C=O) groups excluding carboxylic acids is 2. The minimum Gasteiger partial charge on any atom is -0.466 e. The van der Waals surface area contributed by atoms with Gasteiger partial charge in [-0.3, -0.25) is 9.80 Å². The number of hydrogen-bond donors (Lipinski definition) is 1. The van der Waals surface area contributed by atoms with E-state index in [2.05, 4.69) is 30.0 Å². The van der Waals surface area contributed by atoms with Crippen LogP contribution in [0.15, 0.2) is 108 Å². The molecular formula is C32H32N4O4. The lowest BCUT2D eigenvalue weighted by atomic mass is 9.80. The number of hydrogen-bond acceptors (Lipinski definition) is 8. The van der Waals surface area contributed by atoms with E-state index < -0.39 is 17.9 Å². The highest BCUT2D eigenvalue weighted by Gasteiger charge is 2.43. The lowest BCUT2D eigenvalue weighted by Crippen LogP contribution is -2.41. The minimum atomic E-state index is -0.915. The summed E-state index contributed by atoms with van der Waals surface area (Å²) in [5.74, 6) is -2.40. The van der Waals surface area contributed by atoms with Crippen molar-refractivity contribution < 1.29 is 19.1 Å². The van der Waals surface area contributed by atoms with Crippen LogP contribution in [0.3, 0.4) is 0 Å². The van der Waals surface area contributed by atoms with Gasteiger partial charge < -0.3 is 15.2 Å². The quantitative estimate of drug-likeness (QED) is 0.395. The Balaban J connectivity index is 1.91. The van der Waals surface area contributed by atoms with Crippen molar-refractivity contribution in [3.63, 3.8) is 0 Å². The molecule has 0 aliphatic carbocycles. The number of nitrogens with zero attached hydrogens (tertiary/aromatic N) is 3. The molecule has 3 aromatic carbocycles. The zero-order valence-corrected chi connectivity index (χ0v) is 22.8. The second-order valence-corrected chi connectivity index (χ2v) is 9.25. The highest BCUT2D eigenvalue weighted by atomic mass is 16.5. The van der Waals surface area contributed by atoms with Gasteiger partial charge in [0.2, 0.25) is 0 Å². The van der Waals surface area contributed by atoms with Crippen molar-refractivity contribution in [2.45, 2.75) is 25.9 Å². The van der Waals surface area contributed by atoms with Gasteiger partial charge in [-0.2, -0.15) is 5.26 Å². The number of nitrogens with two attached hydrogens (primary N) is 1. The Morgan fingerprint density at radius 1 is 0.900 bits per heavy atom. The standard InChI is InChI=1S/C32H32N4O4/c1-4-35(20-22-13-7-5-8-14-22)21-24-17-11-12-18-26(24)36-29(32(38)40-3)28(31(37)39-2)27(25(19-33)30(36)34)23-15-9-6-10-16-23/h5-18,27H,4,20-21,34H2,1-3H3. The van der Waals surface area contributed by atoms with Crippen molar-refractivity contribution in [1.29, 1.82) is 5.26 Å². The maximum absolute atomic E-state index is 13.4. The summed E-state index contributed by atoms with van der Waals surface area (Å²) >= 11 is 0. The smallest absolute Gasteiger partial charge is 0.355 e. The third kappa shape index (κ3) is 5.60. The normalized spacial score (nSPS) is 15.2. The molecule has 2 N–H and O–H groups in total. The summed E-state index contributed by atoms with van der Waals surface area (Å²) in [6.45, 7) is 4.08. The van der Waals surface area contributed by atoms with Gasteiger partial charge >= 0.3 is 11.9 Å². The number of rotatable bonds is 9. The molecular weight excluding hydrogens is 504 g/mol. The molecule has 0 amide bonds. The molecule has 0 saturated carbocycles. The van der Waals surface area contributed by atoms with Crippen molar-refractivity contribution in [2.75, 3.05) is 25.7 Å². The summed E-state index contributed by atoms with van der Waals surface area (Å²) < 4.78 is 10.3. The predicted octanol–water partition coefficient (Wildman–Crippen LogP) is 4.61. The van der Waals surface area contributed by atoms with E-state index in [0.717, 1.165) is 12.1 Å². The molecule has 1 aliphatic rings. The van der Waals surface area contributed by atoms with Crippen molar-refractivity contribution in [2.24, 2.45) is 5.73 Å². The Labute approximate surface area is 234 Å². The van der Waals surface area contributed by atoms with Gasteiger partial charge in [0.25, 0.3) is 0 Å². The molecule has 204 valence electrons. The maximum atomic E-state index is 13.4. The third-order valence-corrected chi connectivity index (χ3v) is 6.93. The van der Waals surface area contributed by atoms with Crippen LogP contribution < -0.4 is 10.6 Å². The largest absolute Gasteiger partial charge is 0.466 e. The number of allylic oxidation sites excluding steroid dienone is 1. The molecule has 1 atom stereocenters. The summed E-state index contributed by atoms with van der Waals surface area (Å²) in [7, 11) is 2.48. The molecule has 0 radical (unpaired) electrons. The SMILES string of the molecule is CCN(Cc1ccccc1)Cc1ccccc1N1C(N)=C(C#N)C(c2ccccc2)C(C(=O)OC)=C1C(=O)OC. The number of nitriles is 1. The van der Waals surface area contributed by atoms with E-state index in [9.17, 15) is 14.9 Å². The lowest BCUT2D eigenvalue weighted by Gasteiger charge is -2.37. The van der Waals surface area contributed by atoms with Crippen LogP contribution in [0, 0.1) is 11.3 Å². The second kappa shape index (κ2) is 12.8. The van der Waals surface area contributed by atoms with Crippen molar-refractivity contribution in [3.8, 4) is 6.07 Å². The van der Waals surface area contributed by atoms with Gasteiger partial charge in [-0.1, -0.05) is 85.8 Å². The lowest BCUT2D eigenvalue weighted by molar-refractivity contribution is -0.139. The Hall–Kier alpha value is -4.87. The second-order valence-electron chi connectivity index (χ2n) is 9.25. The van der Waals surface area contributed by atoms with Crippen molar-refractivity contribution in [3.05, 3.63) is 124 Å². The van der Waals surface area contributed by atoms with Crippen LogP contribution in [0.25, 0.3) is 0 Å². The third-order valence-electron chi connectivity index (χ3n) is 6.93. The molecule has 1 heterocycles. The zero-order valence-electron chi connectivity index (χ0n) is 22.8. The molecule has 0 aromatic heterocycles. The molecule has 8 heteroatoms. The first-order chi connectivity index (χ1) is 19.4. The van der Waals surface area contributed by atoms with Crippen LogP contribution in [0.4, 0.5) is 5.69 Å². The van der Waals surface area contributed by atoms with Gasteiger partial charge in [-0.25, -0.2) is 9.59 Å². The predicted molar refractivity (Wildman–Crippen MR) is 152 cm³/mol. The number of carbonyl (C=O) groups is 2. The molecule has 1 aliphatic heterocycles. The van der Waals surface area contributed by atoms with Crippen LogP contribution in [0.1, 0.15) is 29.5 Å². The molecule has 0 fully saturated rings. The van der Waals surface area contributed by atoms with Gasteiger partial charge in [0.15, 0.2) is 0 Å². The summed E-state index contributed by atoms with van der Waals surface area (Å²) in [4.78, 5) is 30.5. The molecule has 0 bridgehead atoms. The number of esters is 2. The fourth-order valence-corrected chi connectivity index (χ4v) is 4.99. The van der Waals surface area contributed by atoms with Crippen LogP contribution in [-0.2, 0) is 32.2 Å².